The molecule has 0 aliphatic heterocycles. The molecule has 0 aliphatic rings. The first kappa shape index (κ1) is 12.1. The Bertz CT molecular complexity index is 473. The van der Waals surface area contributed by atoms with Crippen LogP contribution in [-0.2, 0) is 5.75 Å². The van der Waals surface area contributed by atoms with Gasteiger partial charge >= 0.3 is 0 Å². The lowest BCUT2D eigenvalue weighted by atomic mass is 10.2. The molecule has 2 nitrogen and oxygen atoms in total. The Hall–Kier alpha value is -1.39. The molecule has 0 saturated carbocycles. The van der Waals surface area contributed by atoms with Crippen LogP contribution in [0.15, 0.2) is 54.9 Å². The number of nitrogens with zero attached hydrogens (tertiary/aromatic N) is 1. The Morgan fingerprint density at radius 2 is 1.82 bits per heavy atom. The van der Waals surface area contributed by atoms with Gasteiger partial charge in [0.2, 0.25) is 4.38 Å². The zero-order valence-electron chi connectivity index (χ0n) is 9.08. The lowest BCUT2D eigenvalue weighted by Crippen LogP contribution is -2.00. The van der Waals surface area contributed by atoms with E-state index in [2.05, 4.69) is 17.1 Å². The second-order valence-corrected chi connectivity index (χ2v) is 4.89. The van der Waals surface area contributed by atoms with Gasteiger partial charge < -0.3 is 4.74 Å². The standard InChI is InChI=1S/C13H11NOS2/c16-13(15-12-6-8-14-9-7-12)17-10-11-4-2-1-3-5-11/h1-9H,10H2. The molecular weight excluding hydrogens is 250 g/mol. The highest BCUT2D eigenvalue weighted by molar-refractivity contribution is 8.22. The molecule has 0 bridgehead atoms. The molecule has 2 rings (SSSR count). The highest BCUT2D eigenvalue weighted by atomic mass is 32.2. The van der Waals surface area contributed by atoms with Crippen molar-refractivity contribution in [1.82, 2.24) is 4.98 Å². The molecule has 4 heteroatoms. The molecular formula is C13H11NOS2. The second-order valence-electron chi connectivity index (χ2n) is 3.31. The van der Waals surface area contributed by atoms with Crippen molar-refractivity contribution in [3.63, 3.8) is 0 Å². The number of hydrogen-bond acceptors (Lipinski definition) is 4. The minimum atomic E-state index is 0.528. The van der Waals surface area contributed by atoms with Crippen molar-refractivity contribution >= 4 is 28.4 Å². The van der Waals surface area contributed by atoms with Crippen LogP contribution in [0.5, 0.6) is 5.75 Å². The van der Waals surface area contributed by atoms with Crippen LogP contribution < -0.4 is 4.74 Å². The third kappa shape index (κ3) is 4.17. The van der Waals surface area contributed by atoms with E-state index in [0.29, 0.717) is 4.38 Å². The van der Waals surface area contributed by atoms with E-state index in [-0.39, 0.29) is 0 Å². The molecule has 1 heterocycles. The van der Waals surface area contributed by atoms with Gasteiger partial charge in [-0.25, -0.2) is 0 Å². The fourth-order valence-electron chi connectivity index (χ4n) is 1.25. The molecule has 0 aliphatic carbocycles. The lowest BCUT2D eigenvalue weighted by molar-refractivity contribution is 0.578. The predicted octanol–water partition coefficient (Wildman–Crippen LogP) is 3.68. The molecule has 0 unspecified atom stereocenters. The van der Waals surface area contributed by atoms with Gasteiger partial charge in [0.05, 0.1) is 0 Å². The number of hydrogen-bond donors (Lipinski definition) is 0. The Morgan fingerprint density at radius 3 is 2.53 bits per heavy atom. The van der Waals surface area contributed by atoms with Gasteiger partial charge in [-0.2, -0.15) is 0 Å². The van der Waals surface area contributed by atoms with Crippen molar-refractivity contribution in [3.8, 4) is 5.75 Å². The van der Waals surface area contributed by atoms with E-state index < -0.39 is 0 Å². The number of thioether (sulfide) groups is 1. The molecule has 0 fully saturated rings. The van der Waals surface area contributed by atoms with Gasteiger partial charge in [-0.1, -0.05) is 42.1 Å². The topological polar surface area (TPSA) is 22.1 Å². The van der Waals surface area contributed by atoms with Crippen LogP contribution in [-0.4, -0.2) is 9.37 Å². The Labute approximate surface area is 110 Å². The minimum Gasteiger partial charge on any atom is -0.440 e. The van der Waals surface area contributed by atoms with Crippen LogP contribution in [0, 0.1) is 0 Å². The Balaban J connectivity index is 1.83. The Morgan fingerprint density at radius 1 is 1.12 bits per heavy atom. The number of pyridine rings is 1. The smallest absolute Gasteiger partial charge is 0.226 e. The SMILES string of the molecule is S=C(Oc1ccncc1)SCc1ccccc1. The first-order valence-electron chi connectivity index (χ1n) is 5.13. The van der Waals surface area contributed by atoms with Crippen LogP contribution in [0.25, 0.3) is 0 Å². The van der Waals surface area contributed by atoms with Crippen LogP contribution in [0.3, 0.4) is 0 Å². The molecule has 1 aromatic carbocycles. The number of aromatic nitrogens is 1. The molecule has 0 radical (unpaired) electrons. The van der Waals surface area contributed by atoms with Crippen LogP contribution >= 0.6 is 24.0 Å². The quantitative estimate of drug-likeness (QED) is 0.786. The van der Waals surface area contributed by atoms with Gasteiger partial charge in [-0.15, -0.1) is 0 Å². The molecule has 0 N–H and O–H groups in total. The van der Waals surface area contributed by atoms with E-state index in [1.54, 1.807) is 24.5 Å². The third-order valence-electron chi connectivity index (χ3n) is 2.05. The number of benzene rings is 1. The maximum absolute atomic E-state index is 5.49. The van der Waals surface area contributed by atoms with Crippen LogP contribution in [0.2, 0.25) is 0 Å². The summed E-state index contributed by atoms with van der Waals surface area (Å²) in [5, 5.41) is 0. The first-order chi connectivity index (χ1) is 8.34. The molecule has 0 spiro atoms. The fourth-order valence-corrected chi connectivity index (χ4v) is 2.15. The van der Waals surface area contributed by atoms with E-state index in [1.807, 2.05) is 18.2 Å². The summed E-state index contributed by atoms with van der Waals surface area (Å²) >= 11 is 6.67. The molecule has 17 heavy (non-hydrogen) atoms. The summed E-state index contributed by atoms with van der Waals surface area (Å²) < 4.78 is 6.02. The maximum atomic E-state index is 5.49. The predicted molar refractivity (Wildman–Crippen MR) is 75.2 cm³/mol. The number of ether oxygens (including phenoxy) is 1. The van der Waals surface area contributed by atoms with Crippen molar-refractivity contribution in [2.45, 2.75) is 5.75 Å². The van der Waals surface area contributed by atoms with Gasteiger partial charge in [0.15, 0.2) is 0 Å². The first-order valence-corrected chi connectivity index (χ1v) is 6.52. The van der Waals surface area contributed by atoms with E-state index >= 15 is 0 Å². The van der Waals surface area contributed by atoms with Crippen molar-refractivity contribution in [1.29, 1.82) is 0 Å². The summed E-state index contributed by atoms with van der Waals surface area (Å²) in [6.07, 6.45) is 3.36. The third-order valence-corrected chi connectivity index (χ3v) is 3.28. The summed E-state index contributed by atoms with van der Waals surface area (Å²) in [5.74, 6) is 1.55. The summed E-state index contributed by atoms with van der Waals surface area (Å²) in [5.41, 5.74) is 1.23. The van der Waals surface area contributed by atoms with Gasteiger partial charge in [-0.05, 0) is 29.9 Å². The van der Waals surface area contributed by atoms with Crippen molar-refractivity contribution in [2.24, 2.45) is 0 Å². The number of rotatable bonds is 3. The average molecular weight is 261 g/mol. The number of thiocarbonyl (C=S) groups is 1. The van der Waals surface area contributed by atoms with Gasteiger partial charge in [-0.3, -0.25) is 4.98 Å². The fraction of sp³-hybridized carbons (Fsp3) is 0.0769. The zero-order chi connectivity index (χ0) is 11.9. The zero-order valence-corrected chi connectivity index (χ0v) is 10.7. The van der Waals surface area contributed by atoms with E-state index in [9.17, 15) is 0 Å². The molecule has 1 aromatic heterocycles. The highest BCUT2D eigenvalue weighted by Gasteiger charge is 2.01. The molecule has 2 aromatic rings. The van der Waals surface area contributed by atoms with Gasteiger partial charge in [0.25, 0.3) is 0 Å². The molecule has 86 valence electrons. The summed E-state index contributed by atoms with van der Waals surface area (Å²) in [4.78, 5) is 3.92. The average Bonchev–Trinajstić information content (AvgIpc) is 2.39. The molecule has 0 amide bonds. The molecule has 0 atom stereocenters. The maximum Gasteiger partial charge on any atom is 0.226 e. The van der Waals surface area contributed by atoms with E-state index in [4.69, 9.17) is 17.0 Å². The van der Waals surface area contributed by atoms with E-state index in [1.165, 1.54) is 17.3 Å². The van der Waals surface area contributed by atoms with E-state index in [0.717, 1.165) is 11.5 Å². The van der Waals surface area contributed by atoms with Crippen LogP contribution in [0.1, 0.15) is 5.56 Å². The van der Waals surface area contributed by atoms with Crippen LogP contribution in [0.4, 0.5) is 0 Å². The normalized spacial score (nSPS) is 9.88. The summed E-state index contributed by atoms with van der Waals surface area (Å²) in [6.45, 7) is 0. The van der Waals surface area contributed by atoms with Gasteiger partial charge in [0.1, 0.15) is 5.75 Å². The van der Waals surface area contributed by atoms with Crippen molar-refractivity contribution in [2.75, 3.05) is 0 Å². The monoisotopic (exact) mass is 261 g/mol. The minimum absolute atomic E-state index is 0.528. The summed E-state index contributed by atoms with van der Waals surface area (Å²) in [6, 6.07) is 13.8. The lowest BCUT2D eigenvalue weighted by Gasteiger charge is -2.05. The molecule has 0 saturated heterocycles. The highest BCUT2D eigenvalue weighted by Crippen LogP contribution is 2.17. The summed E-state index contributed by atoms with van der Waals surface area (Å²) in [7, 11) is 0. The Kier molecular flexibility index (Phi) is 4.53. The van der Waals surface area contributed by atoms with Crippen molar-refractivity contribution in [3.05, 3.63) is 60.4 Å². The van der Waals surface area contributed by atoms with Gasteiger partial charge in [0, 0.05) is 18.1 Å². The second kappa shape index (κ2) is 6.37. The van der Waals surface area contributed by atoms with Crippen molar-refractivity contribution < 1.29 is 4.74 Å². The largest absolute Gasteiger partial charge is 0.440 e.